The van der Waals surface area contributed by atoms with Gasteiger partial charge in [-0.05, 0) is 44.9 Å². The number of piperazine rings is 1. The summed E-state index contributed by atoms with van der Waals surface area (Å²) in [5.41, 5.74) is 1.27. The number of anilines is 1. The summed E-state index contributed by atoms with van der Waals surface area (Å²) in [4.78, 5) is 14.4. The highest BCUT2D eigenvalue weighted by Gasteiger charge is 2.18. The number of nitrogens with zero attached hydrogens (tertiary/aromatic N) is 1. The van der Waals surface area contributed by atoms with Crippen LogP contribution in [0.15, 0.2) is 18.2 Å². The molecule has 6 heteroatoms. The second kappa shape index (κ2) is 7.99. The highest BCUT2D eigenvalue weighted by molar-refractivity contribution is 6.31. The van der Waals surface area contributed by atoms with E-state index in [1.54, 1.807) is 6.07 Å². The van der Waals surface area contributed by atoms with Gasteiger partial charge in [0.25, 0.3) is 0 Å². The molecule has 0 bridgehead atoms. The lowest BCUT2D eigenvalue weighted by Gasteiger charge is -2.27. The van der Waals surface area contributed by atoms with Crippen LogP contribution in [0.3, 0.4) is 0 Å². The van der Waals surface area contributed by atoms with Crippen molar-refractivity contribution in [2.75, 3.05) is 38.0 Å². The molecule has 1 aliphatic rings. The molecule has 1 heterocycles. The first-order valence-corrected chi connectivity index (χ1v) is 8.43. The fourth-order valence-electron chi connectivity index (χ4n) is 2.51. The van der Waals surface area contributed by atoms with Gasteiger partial charge in [-0.1, -0.05) is 17.7 Å². The summed E-state index contributed by atoms with van der Waals surface area (Å²) in [6.07, 6.45) is 0.408. The number of carbonyl (C=O) groups excluding carboxylic acids is 1. The number of ether oxygens (including phenoxy) is 1. The summed E-state index contributed by atoms with van der Waals surface area (Å²) < 4.78 is 5.32. The molecule has 1 aliphatic heterocycles. The highest BCUT2D eigenvalue weighted by atomic mass is 35.5. The van der Waals surface area contributed by atoms with Crippen molar-refractivity contribution in [2.45, 2.75) is 32.8 Å². The summed E-state index contributed by atoms with van der Waals surface area (Å²) in [5, 5.41) is 6.77. The minimum atomic E-state index is -0.524. The number of carbonyl (C=O) groups is 1. The number of hydrogen-bond acceptors (Lipinski definition) is 4. The minimum Gasteiger partial charge on any atom is -0.444 e. The van der Waals surface area contributed by atoms with Gasteiger partial charge in [0.1, 0.15) is 5.60 Å². The Labute approximate surface area is 143 Å². The topological polar surface area (TPSA) is 53.6 Å². The van der Waals surface area contributed by atoms with E-state index in [4.69, 9.17) is 16.3 Å². The SMILES string of the molecule is CC(C)(C)OC(=O)Nc1cc(Cl)ccc1CCN1CCNCC1. The molecule has 2 N–H and O–H groups in total. The van der Waals surface area contributed by atoms with Crippen LogP contribution in [-0.4, -0.2) is 49.3 Å². The van der Waals surface area contributed by atoms with E-state index in [2.05, 4.69) is 15.5 Å². The average molecular weight is 340 g/mol. The molecule has 1 amide bonds. The molecule has 0 spiro atoms. The number of nitrogens with one attached hydrogen (secondary N) is 2. The van der Waals surface area contributed by atoms with Crippen LogP contribution in [0.4, 0.5) is 10.5 Å². The van der Waals surface area contributed by atoms with Crippen molar-refractivity contribution in [3.05, 3.63) is 28.8 Å². The Morgan fingerprint density at radius 3 is 2.70 bits per heavy atom. The van der Waals surface area contributed by atoms with Gasteiger partial charge in [0, 0.05) is 43.4 Å². The van der Waals surface area contributed by atoms with Gasteiger partial charge in [-0.25, -0.2) is 4.79 Å². The maximum Gasteiger partial charge on any atom is 0.412 e. The Kier molecular flexibility index (Phi) is 6.27. The molecule has 1 saturated heterocycles. The van der Waals surface area contributed by atoms with Gasteiger partial charge in [-0.15, -0.1) is 0 Å². The molecule has 0 radical (unpaired) electrons. The summed E-state index contributed by atoms with van der Waals surface area (Å²) in [5.74, 6) is 0. The summed E-state index contributed by atoms with van der Waals surface area (Å²) >= 11 is 6.07. The van der Waals surface area contributed by atoms with E-state index in [1.807, 2.05) is 32.9 Å². The van der Waals surface area contributed by atoms with Crippen LogP contribution in [-0.2, 0) is 11.2 Å². The van der Waals surface area contributed by atoms with E-state index < -0.39 is 11.7 Å². The first-order valence-electron chi connectivity index (χ1n) is 8.05. The van der Waals surface area contributed by atoms with Crippen molar-refractivity contribution in [1.29, 1.82) is 0 Å². The molecule has 0 aliphatic carbocycles. The molecule has 0 saturated carbocycles. The predicted molar refractivity (Wildman–Crippen MR) is 94.3 cm³/mol. The number of rotatable bonds is 4. The third-order valence-corrected chi connectivity index (χ3v) is 3.85. The van der Waals surface area contributed by atoms with Crippen LogP contribution >= 0.6 is 11.6 Å². The number of halogens is 1. The zero-order chi connectivity index (χ0) is 16.9. The van der Waals surface area contributed by atoms with E-state index in [9.17, 15) is 4.79 Å². The lowest BCUT2D eigenvalue weighted by Crippen LogP contribution is -2.44. The van der Waals surface area contributed by atoms with Crippen LogP contribution in [0.1, 0.15) is 26.3 Å². The third-order valence-electron chi connectivity index (χ3n) is 3.61. The first kappa shape index (κ1) is 18.0. The molecule has 0 aromatic heterocycles. The molecule has 0 atom stereocenters. The fraction of sp³-hybridized carbons (Fsp3) is 0.588. The second-order valence-corrected chi connectivity index (χ2v) is 7.21. The monoisotopic (exact) mass is 339 g/mol. The first-order chi connectivity index (χ1) is 10.8. The van der Waals surface area contributed by atoms with Crippen molar-refractivity contribution in [3.63, 3.8) is 0 Å². The van der Waals surface area contributed by atoms with Crippen molar-refractivity contribution < 1.29 is 9.53 Å². The van der Waals surface area contributed by atoms with Gasteiger partial charge in [0.2, 0.25) is 0 Å². The molecule has 1 aromatic carbocycles. The van der Waals surface area contributed by atoms with Gasteiger partial charge in [0.15, 0.2) is 0 Å². The van der Waals surface area contributed by atoms with E-state index in [0.717, 1.165) is 50.4 Å². The van der Waals surface area contributed by atoms with E-state index in [0.29, 0.717) is 5.02 Å². The molecule has 2 rings (SSSR count). The number of hydrogen-bond donors (Lipinski definition) is 2. The van der Waals surface area contributed by atoms with Crippen LogP contribution in [0.5, 0.6) is 0 Å². The van der Waals surface area contributed by atoms with Crippen molar-refractivity contribution in [1.82, 2.24) is 10.2 Å². The predicted octanol–water partition coefficient (Wildman–Crippen LogP) is 3.13. The van der Waals surface area contributed by atoms with Gasteiger partial charge in [0.05, 0.1) is 0 Å². The quantitative estimate of drug-likeness (QED) is 0.885. The highest BCUT2D eigenvalue weighted by Crippen LogP contribution is 2.23. The fourth-order valence-corrected chi connectivity index (χ4v) is 2.68. The maximum atomic E-state index is 12.0. The van der Waals surface area contributed by atoms with Gasteiger partial charge in [-0.2, -0.15) is 0 Å². The number of amides is 1. The minimum absolute atomic E-state index is 0.455. The van der Waals surface area contributed by atoms with E-state index in [1.165, 1.54) is 0 Å². The lowest BCUT2D eigenvalue weighted by atomic mass is 10.1. The molecule has 1 aromatic rings. The summed E-state index contributed by atoms with van der Waals surface area (Å²) in [7, 11) is 0. The van der Waals surface area contributed by atoms with Crippen LogP contribution in [0, 0.1) is 0 Å². The van der Waals surface area contributed by atoms with E-state index in [-0.39, 0.29) is 0 Å². The van der Waals surface area contributed by atoms with Crippen LogP contribution in [0.2, 0.25) is 5.02 Å². The lowest BCUT2D eigenvalue weighted by molar-refractivity contribution is 0.0636. The van der Waals surface area contributed by atoms with Crippen LogP contribution < -0.4 is 10.6 Å². The zero-order valence-corrected chi connectivity index (χ0v) is 14.9. The van der Waals surface area contributed by atoms with Crippen molar-refractivity contribution in [2.24, 2.45) is 0 Å². The Morgan fingerprint density at radius 2 is 2.04 bits per heavy atom. The standard InChI is InChI=1S/C17H26ClN3O2/c1-17(2,3)23-16(22)20-15-12-14(18)5-4-13(15)6-9-21-10-7-19-8-11-21/h4-5,12,19H,6-11H2,1-3H3,(H,20,22). The summed E-state index contributed by atoms with van der Waals surface area (Å²) in [6.45, 7) is 10.7. The number of benzene rings is 1. The Balaban J connectivity index is 2.00. The van der Waals surface area contributed by atoms with E-state index >= 15 is 0 Å². The molecular weight excluding hydrogens is 314 g/mol. The van der Waals surface area contributed by atoms with Crippen molar-refractivity contribution in [3.8, 4) is 0 Å². The van der Waals surface area contributed by atoms with Crippen molar-refractivity contribution >= 4 is 23.4 Å². The molecule has 128 valence electrons. The zero-order valence-electron chi connectivity index (χ0n) is 14.1. The largest absolute Gasteiger partial charge is 0.444 e. The van der Waals surface area contributed by atoms with Gasteiger partial charge < -0.3 is 15.0 Å². The molecular formula is C17H26ClN3O2. The van der Waals surface area contributed by atoms with Gasteiger partial charge >= 0.3 is 6.09 Å². The maximum absolute atomic E-state index is 12.0. The third kappa shape index (κ3) is 6.37. The average Bonchev–Trinajstić information content (AvgIpc) is 2.45. The molecule has 23 heavy (non-hydrogen) atoms. The summed E-state index contributed by atoms with van der Waals surface area (Å²) in [6, 6.07) is 5.60. The molecule has 5 nitrogen and oxygen atoms in total. The molecule has 1 fully saturated rings. The molecule has 0 unspecified atom stereocenters. The normalized spacial score (nSPS) is 16.2. The Hall–Kier alpha value is -1.30. The van der Waals surface area contributed by atoms with Gasteiger partial charge in [-0.3, -0.25) is 5.32 Å². The van der Waals surface area contributed by atoms with Crippen LogP contribution in [0.25, 0.3) is 0 Å². The Bertz CT molecular complexity index is 537. The Morgan fingerprint density at radius 1 is 1.35 bits per heavy atom. The second-order valence-electron chi connectivity index (χ2n) is 6.77. The smallest absolute Gasteiger partial charge is 0.412 e.